The maximum absolute atomic E-state index is 13.0. The summed E-state index contributed by atoms with van der Waals surface area (Å²) in [6.07, 6.45) is 8.15. The Morgan fingerprint density at radius 2 is 1.94 bits per heavy atom. The van der Waals surface area contributed by atoms with Gasteiger partial charge in [-0.25, -0.2) is 27.3 Å². The fourth-order valence-electron chi connectivity index (χ4n) is 4.10. The Morgan fingerprint density at radius 3 is 2.74 bits per heavy atom. The quantitative estimate of drug-likeness (QED) is 0.520. The maximum atomic E-state index is 13.0. The van der Waals surface area contributed by atoms with Crippen molar-refractivity contribution < 1.29 is 8.42 Å². The molecule has 1 aliphatic heterocycles. The molecule has 4 aromatic rings. The molecule has 1 atom stereocenters. The Kier molecular flexibility index (Phi) is 5.25. The lowest BCUT2D eigenvalue weighted by atomic mass is 9.94. The predicted molar refractivity (Wildman–Crippen MR) is 119 cm³/mol. The van der Waals surface area contributed by atoms with E-state index in [2.05, 4.69) is 20.3 Å². The topological polar surface area (TPSA) is 89.8 Å². The van der Waals surface area contributed by atoms with Crippen molar-refractivity contribution >= 4 is 21.1 Å². The van der Waals surface area contributed by atoms with E-state index >= 15 is 0 Å². The fourth-order valence-corrected chi connectivity index (χ4v) is 5.43. The van der Waals surface area contributed by atoms with Gasteiger partial charge in [0.05, 0.1) is 10.6 Å². The molecule has 1 fully saturated rings. The van der Waals surface area contributed by atoms with Gasteiger partial charge in [0.2, 0.25) is 0 Å². The van der Waals surface area contributed by atoms with Crippen LogP contribution in [0.15, 0.2) is 72.1 Å². The van der Waals surface area contributed by atoms with Crippen LogP contribution >= 0.6 is 0 Å². The zero-order valence-corrected chi connectivity index (χ0v) is 17.8. The molecule has 3 aromatic heterocycles. The summed E-state index contributed by atoms with van der Waals surface area (Å²) in [6, 6.07) is 14.1. The normalized spacial score (nSPS) is 17.1. The molecule has 0 saturated carbocycles. The molecule has 7 nitrogen and oxygen atoms in total. The van der Waals surface area contributed by atoms with Gasteiger partial charge in [-0.2, -0.15) is 0 Å². The number of pyridine rings is 1. The van der Waals surface area contributed by atoms with Gasteiger partial charge in [0, 0.05) is 29.0 Å². The molecule has 4 heterocycles. The number of nitrogens with one attached hydrogen (secondary N) is 1. The smallest absolute Gasteiger partial charge is 0.269 e. The molecule has 1 aromatic carbocycles. The number of hydrogen-bond donors (Lipinski definition) is 1. The largest absolute Gasteiger partial charge is 0.316 e. The standard InChI is InChI=1S/C23H23N5O2S/c29-31(30,21-6-2-1-3-7-21)28-10-8-18-12-19(15-25-23(18)28)22-13-20(26-16-27-22)11-17-5-4-9-24-14-17/h1-3,6-8,10,12-13,15-17,24H,4-5,9,11,14H2. The number of benzene rings is 1. The van der Waals surface area contributed by atoms with Crippen molar-refractivity contribution in [2.24, 2.45) is 5.92 Å². The van der Waals surface area contributed by atoms with Crippen molar-refractivity contribution in [3.05, 3.63) is 72.9 Å². The molecule has 8 heteroatoms. The summed E-state index contributed by atoms with van der Waals surface area (Å²) in [5.41, 5.74) is 3.05. The molecule has 1 N–H and O–H groups in total. The highest BCUT2D eigenvalue weighted by atomic mass is 32.2. The second kappa shape index (κ2) is 8.20. The van der Waals surface area contributed by atoms with Crippen molar-refractivity contribution in [3.8, 4) is 11.3 Å². The third kappa shape index (κ3) is 3.96. The summed E-state index contributed by atoms with van der Waals surface area (Å²) < 4.78 is 27.2. The van der Waals surface area contributed by atoms with Crippen LogP contribution in [0.1, 0.15) is 18.5 Å². The first-order chi connectivity index (χ1) is 15.1. The molecule has 5 rings (SSSR count). The maximum Gasteiger partial charge on any atom is 0.269 e. The SMILES string of the molecule is O=S(=O)(c1ccccc1)n1ccc2cc(-c3cc(CC4CCCNC4)ncn3)cnc21. The molecule has 0 amide bonds. The average molecular weight is 434 g/mol. The third-order valence-corrected chi connectivity index (χ3v) is 7.39. The molecular weight excluding hydrogens is 410 g/mol. The summed E-state index contributed by atoms with van der Waals surface area (Å²) in [6.45, 7) is 2.12. The van der Waals surface area contributed by atoms with E-state index in [9.17, 15) is 8.42 Å². The minimum atomic E-state index is -3.70. The lowest BCUT2D eigenvalue weighted by Gasteiger charge is -2.22. The molecule has 158 valence electrons. The summed E-state index contributed by atoms with van der Waals surface area (Å²) in [4.78, 5) is 13.6. The van der Waals surface area contributed by atoms with Crippen LogP contribution < -0.4 is 5.32 Å². The van der Waals surface area contributed by atoms with E-state index in [1.54, 1.807) is 55.1 Å². The first kappa shape index (κ1) is 19.8. The van der Waals surface area contributed by atoms with Crippen molar-refractivity contribution in [1.29, 1.82) is 0 Å². The van der Waals surface area contributed by atoms with Crippen LogP contribution in [0, 0.1) is 5.92 Å². The highest BCUT2D eigenvalue weighted by molar-refractivity contribution is 7.90. The van der Waals surface area contributed by atoms with Gasteiger partial charge in [0.1, 0.15) is 6.33 Å². The molecule has 0 spiro atoms. The monoisotopic (exact) mass is 433 g/mol. The number of rotatable bonds is 5. The molecule has 0 aliphatic carbocycles. The van der Waals surface area contributed by atoms with Crippen LogP contribution in [-0.2, 0) is 16.4 Å². The molecular formula is C23H23N5O2S. The van der Waals surface area contributed by atoms with Crippen LogP contribution in [0.25, 0.3) is 22.3 Å². The first-order valence-electron chi connectivity index (χ1n) is 10.4. The Hall–Kier alpha value is -3.10. The third-order valence-electron chi connectivity index (χ3n) is 5.71. The van der Waals surface area contributed by atoms with E-state index in [0.717, 1.165) is 41.8 Å². The Bertz CT molecular complexity index is 1310. The van der Waals surface area contributed by atoms with Gasteiger partial charge in [-0.05, 0) is 68.6 Å². The van der Waals surface area contributed by atoms with E-state index in [-0.39, 0.29) is 4.90 Å². The number of fused-ring (bicyclic) bond motifs is 1. The van der Waals surface area contributed by atoms with E-state index in [0.29, 0.717) is 11.6 Å². The first-order valence-corrected chi connectivity index (χ1v) is 11.8. The van der Waals surface area contributed by atoms with E-state index in [1.165, 1.54) is 16.8 Å². The van der Waals surface area contributed by atoms with Crippen molar-refractivity contribution in [1.82, 2.24) is 24.2 Å². The highest BCUT2D eigenvalue weighted by Gasteiger charge is 2.20. The van der Waals surface area contributed by atoms with Gasteiger partial charge in [-0.15, -0.1) is 0 Å². The molecule has 1 aliphatic rings. The van der Waals surface area contributed by atoms with Gasteiger partial charge in [-0.3, -0.25) is 0 Å². The van der Waals surface area contributed by atoms with Gasteiger partial charge in [0.15, 0.2) is 5.65 Å². The summed E-state index contributed by atoms with van der Waals surface area (Å²) >= 11 is 0. The van der Waals surface area contributed by atoms with E-state index in [1.807, 2.05) is 12.1 Å². The Labute approximate surface area is 181 Å². The summed E-state index contributed by atoms with van der Waals surface area (Å²) in [7, 11) is -3.70. The van der Waals surface area contributed by atoms with Gasteiger partial charge < -0.3 is 5.32 Å². The average Bonchev–Trinajstić information content (AvgIpc) is 3.25. The summed E-state index contributed by atoms with van der Waals surface area (Å²) in [5, 5.41) is 4.19. The van der Waals surface area contributed by atoms with E-state index in [4.69, 9.17) is 0 Å². The molecule has 1 saturated heterocycles. The number of aromatic nitrogens is 4. The minimum Gasteiger partial charge on any atom is -0.316 e. The minimum absolute atomic E-state index is 0.232. The second-order valence-electron chi connectivity index (χ2n) is 7.88. The van der Waals surface area contributed by atoms with Crippen molar-refractivity contribution in [2.75, 3.05) is 13.1 Å². The zero-order chi connectivity index (χ0) is 21.3. The highest BCUT2D eigenvalue weighted by Crippen LogP contribution is 2.26. The number of nitrogens with zero attached hydrogens (tertiary/aromatic N) is 4. The zero-order valence-electron chi connectivity index (χ0n) is 17.0. The molecule has 0 bridgehead atoms. The van der Waals surface area contributed by atoms with Crippen molar-refractivity contribution in [2.45, 2.75) is 24.2 Å². The van der Waals surface area contributed by atoms with Gasteiger partial charge >= 0.3 is 0 Å². The number of piperidine rings is 1. The molecule has 1 unspecified atom stereocenters. The van der Waals surface area contributed by atoms with Crippen LogP contribution in [-0.4, -0.2) is 40.4 Å². The van der Waals surface area contributed by atoms with Gasteiger partial charge in [0.25, 0.3) is 10.0 Å². The van der Waals surface area contributed by atoms with Crippen LogP contribution in [0.5, 0.6) is 0 Å². The van der Waals surface area contributed by atoms with Crippen LogP contribution in [0.4, 0.5) is 0 Å². The second-order valence-corrected chi connectivity index (χ2v) is 9.69. The lowest BCUT2D eigenvalue weighted by Crippen LogP contribution is -2.31. The van der Waals surface area contributed by atoms with Crippen LogP contribution in [0.2, 0.25) is 0 Å². The Morgan fingerprint density at radius 1 is 1.06 bits per heavy atom. The van der Waals surface area contributed by atoms with E-state index < -0.39 is 10.0 Å². The fraction of sp³-hybridized carbons (Fsp3) is 0.261. The Balaban J connectivity index is 1.46. The van der Waals surface area contributed by atoms with Crippen LogP contribution in [0.3, 0.4) is 0 Å². The lowest BCUT2D eigenvalue weighted by molar-refractivity contribution is 0.373. The van der Waals surface area contributed by atoms with Gasteiger partial charge in [-0.1, -0.05) is 18.2 Å². The number of hydrogen-bond acceptors (Lipinski definition) is 6. The summed E-state index contributed by atoms with van der Waals surface area (Å²) in [5.74, 6) is 0.592. The molecule has 31 heavy (non-hydrogen) atoms. The predicted octanol–water partition coefficient (Wildman–Crippen LogP) is 3.27. The van der Waals surface area contributed by atoms with Crippen molar-refractivity contribution in [3.63, 3.8) is 0 Å². The molecule has 0 radical (unpaired) electrons.